The molecule has 0 spiro atoms. The Morgan fingerprint density at radius 3 is 2.20 bits per heavy atom. The Balaban J connectivity index is 1.83. The molecule has 0 fully saturated rings. The molecule has 4 aromatic rings. The molecular weight excluding hydrogens is 622 g/mol. The van der Waals surface area contributed by atoms with Crippen LogP contribution >= 0.6 is 11.6 Å². The predicted molar refractivity (Wildman–Crippen MR) is 183 cm³/mol. The molecule has 0 bridgehead atoms. The first-order chi connectivity index (χ1) is 22.0. The minimum absolute atomic E-state index is 0.0114. The summed E-state index contributed by atoms with van der Waals surface area (Å²) in [5.41, 5.74) is 2.61. The van der Waals surface area contributed by atoms with Crippen LogP contribution in [0.4, 0.5) is 5.69 Å². The molecule has 0 unspecified atom stereocenters. The number of hydrogen-bond acceptors (Lipinski definition) is 5. The topological polar surface area (TPSA) is 96.0 Å². The molecule has 0 saturated carbocycles. The number of benzene rings is 4. The molecule has 4 rings (SSSR count). The van der Waals surface area contributed by atoms with Gasteiger partial charge in [-0.1, -0.05) is 79.2 Å². The Kier molecular flexibility index (Phi) is 11.8. The highest BCUT2D eigenvalue weighted by Crippen LogP contribution is 2.28. The molecule has 2 amide bonds. The van der Waals surface area contributed by atoms with Crippen molar-refractivity contribution in [1.82, 2.24) is 10.2 Å². The number of nitrogens with zero attached hydrogens (tertiary/aromatic N) is 2. The Morgan fingerprint density at radius 2 is 1.54 bits per heavy atom. The summed E-state index contributed by atoms with van der Waals surface area (Å²) in [5.74, 6) is -0.262. The van der Waals surface area contributed by atoms with E-state index in [0.717, 1.165) is 15.4 Å². The van der Waals surface area contributed by atoms with Gasteiger partial charge in [-0.05, 0) is 79.4 Å². The molecule has 1 N–H and O–H groups in total. The summed E-state index contributed by atoms with van der Waals surface area (Å²) < 4.78 is 34.9. The number of para-hydroxylation sites is 1. The van der Waals surface area contributed by atoms with Crippen molar-refractivity contribution in [3.05, 3.63) is 125 Å². The minimum atomic E-state index is -4.23. The maximum absolute atomic E-state index is 14.6. The normalized spacial score (nSPS) is 12.5. The number of carbonyl (C=O) groups excluding carboxylic acids is 2. The summed E-state index contributed by atoms with van der Waals surface area (Å²) in [6.45, 7) is 5.17. The van der Waals surface area contributed by atoms with E-state index in [0.29, 0.717) is 28.4 Å². The van der Waals surface area contributed by atoms with E-state index >= 15 is 0 Å². The van der Waals surface area contributed by atoms with Gasteiger partial charge in [-0.25, -0.2) is 8.42 Å². The van der Waals surface area contributed by atoms with E-state index in [2.05, 4.69) is 5.32 Å². The highest BCUT2D eigenvalue weighted by atomic mass is 35.5. The van der Waals surface area contributed by atoms with E-state index in [-0.39, 0.29) is 29.8 Å². The molecule has 4 aromatic carbocycles. The maximum Gasteiger partial charge on any atom is 0.264 e. The third-order valence-electron chi connectivity index (χ3n) is 7.82. The lowest BCUT2D eigenvalue weighted by molar-refractivity contribution is -0.140. The van der Waals surface area contributed by atoms with Crippen molar-refractivity contribution in [2.75, 3.05) is 18.0 Å². The smallest absolute Gasteiger partial charge is 0.264 e. The number of rotatable bonds is 14. The van der Waals surface area contributed by atoms with Gasteiger partial charge in [0.15, 0.2) is 0 Å². The monoisotopic (exact) mass is 661 g/mol. The first-order valence-corrected chi connectivity index (χ1v) is 17.0. The van der Waals surface area contributed by atoms with Crippen LogP contribution < -0.4 is 14.4 Å². The van der Waals surface area contributed by atoms with Crippen molar-refractivity contribution < 1.29 is 22.7 Å². The number of halogens is 1. The van der Waals surface area contributed by atoms with Crippen LogP contribution in [0.1, 0.15) is 37.0 Å². The fourth-order valence-corrected chi connectivity index (χ4v) is 6.66. The van der Waals surface area contributed by atoms with Crippen molar-refractivity contribution in [3.8, 4) is 5.75 Å². The SMILES string of the molecule is CC[C@H](C)NC(=O)[C@H](Cc1ccccc1)N(Cc1cccc(OC)c1)C(=O)CN(c1ccccc1C)S(=O)(=O)c1ccc(Cl)cc1. The second-order valence-electron chi connectivity index (χ2n) is 11.1. The van der Waals surface area contributed by atoms with Crippen LogP contribution in [0.25, 0.3) is 0 Å². The average molecular weight is 662 g/mol. The molecule has 46 heavy (non-hydrogen) atoms. The molecule has 10 heteroatoms. The van der Waals surface area contributed by atoms with Crippen molar-refractivity contribution in [2.45, 2.75) is 57.1 Å². The molecule has 0 radical (unpaired) electrons. The van der Waals surface area contributed by atoms with Gasteiger partial charge in [0.2, 0.25) is 11.8 Å². The van der Waals surface area contributed by atoms with Crippen LogP contribution in [0.15, 0.2) is 108 Å². The maximum atomic E-state index is 14.6. The van der Waals surface area contributed by atoms with Gasteiger partial charge < -0.3 is 15.0 Å². The van der Waals surface area contributed by atoms with Crippen molar-refractivity contribution in [3.63, 3.8) is 0 Å². The molecule has 0 heterocycles. The number of nitrogens with one attached hydrogen (secondary N) is 1. The van der Waals surface area contributed by atoms with Crippen LogP contribution in [0, 0.1) is 6.92 Å². The van der Waals surface area contributed by atoms with Gasteiger partial charge in [0, 0.05) is 24.0 Å². The zero-order chi connectivity index (χ0) is 33.3. The van der Waals surface area contributed by atoms with Crippen LogP contribution in [0.2, 0.25) is 5.02 Å². The number of hydrogen-bond donors (Lipinski definition) is 1. The van der Waals surface area contributed by atoms with Gasteiger partial charge in [0.1, 0.15) is 18.3 Å². The number of sulfonamides is 1. The van der Waals surface area contributed by atoms with E-state index in [1.54, 1.807) is 50.4 Å². The molecule has 0 aliphatic heterocycles. The second kappa shape index (κ2) is 15.8. The molecule has 0 aliphatic rings. The number of methoxy groups -OCH3 is 1. The molecule has 0 saturated heterocycles. The Bertz CT molecular complexity index is 1730. The number of anilines is 1. The van der Waals surface area contributed by atoms with Gasteiger partial charge in [-0.2, -0.15) is 0 Å². The fraction of sp³-hybridized carbons (Fsp3) is 0.278. The summed E-state index contributed by atoms with van der Waals surface area (Å²) in [4.78, 5) is 30.0. The summed E-state index contributed by atoms with van der Waals surface area (Å²) in [5, 5.41) is 3.43. The van der Waals surface area contributed by atoms with Crippen LogP contribution in [-0.4, -0.2) is 50.9 Å². The fourth-order valence-electron chi connectivity index (χ4n) is 5.05. The lowest BCUT2D eigenvalue weighted by Crippen LogP contribution is -2.54. The number of amides is 2. The van der Waals surface area contributed by atoms with E-state index in [9.17, 15) is 18.0 Å². The number of carbonyl (C=O) groups is 2. The van der Waals surface area contributed by atoms with E-state index in [4.69, 9.17) is 16.3 Å². The van der Waals surface area contributed by atoms with Gasteiger partial charge in [0.25, 0.3) is 10.0 Å². The van der Waals surface area contributed by atoms with Crippen LogP contribution in [0.5, 0.6) is 5.75 Å². The average Bonchev–Trinajstić information content (AvgIpc) is 3.06. The van der Waals surface area contributed by atoms with Crippen LogP contribution in [-0.2, 0) is 32.6 Å². The molecule has 0 aromatic heterocycles. The summed E-state index contributed by atoms with van der Waals surface area (Å²) in [7, 11) is -2.67. The van der Waals surface area contributed by atoms with Crippen molar-refractivity contribution in [1.29, 1.82) is 0 Å². The Morgan fingerprint density at radius 1 is 0.891 bits per heavy atom. The van der Waals surface area contributed by atoms with E-state index in [1.165, 1.54) is 29.2 Å². The van der Waals surface area contributed by atoms with E-state index < -0.39 is 28.5 Å². The van der Waals surface area contributed by atoms with Gasteiger partial charge in [0.05, 0.1) is 17.7 Å². The summed E-state index contributed by atoms with van der Waals surface area (Å²) in [6.07, 6.45) is 0.932. The third kappa shape index (κ3) is 8.68. The lowest BCUT2D eigenvalue weighted by atomic mass is 10.0. The second-order valence-corrected chi connectivity index (χ2v) is 13.4. The molecule has 8 nitrogen and oxygen atoms in total. The number of ether oxygens (including phenoxy) is 1. The van der Waals surface area contributed by atoms with Crippen LogP contribution in [0.3, 0.4) is 0 Å². The van der Waals surface area contributed by atoms with E-state index in [1.807, 2.05) is 56.3 Å². The highest BCUT2D eigenvalue weighted by Gasteiger charge is 2.35. The minimum Gasteiger partial charge on any atom is -0.497 e. The quantitative estimate of drug-likeness (QED) is 0.169. The van der Waals surface area contributed by atoms with Crippen molar-refractivity contribution >= 4 is 39.1 Å². The first-order valence-electron chi connectivity index (χ1n) is 15.1. The predicted octanol–water partition coefficient (Wildman–Crippen LogP) is 6.41. The Labute approximate surface area is 277 Å². The molecule has 2 atom stereocenters. The third-order valence-corrected chi connectivity index (χ3v) is 9.85. The largest absolute Gasteiger partial charge is 0.497 e. The number of aryl methyl sites for hydroxylation is 1. The summed E-state index contributed by atoms with van der Waals surface area (Å²) >= 11 is 6.07. The lowest BCUT2D eigenvalue weighted by Gasteiger charge is -2.34. The molecule has 242 valence electrons. The van der Waals surface area contributed by atoms with Gasteiger partial charge >= 0.3 is 0 Å². The highest BCUT2D eigenvalue weighted by molar-refractivity contribution is 7.92. The van der Waals surface area contributed by atoms with Crippen molar-refractivity contribution in [2.24, 2.45) is 0 Å². The zero-order valence-corrected chi connectivity index (χ0v) is 28.1. The zero-order valence-electron chi connectivity index (χ0n) is 26.5. The van der Waals surface area contributed by atoms with Gasteiger partial charge in [-0.15, -0.1) is 0 Å². The standard InChI is InChI=1S/C36H40ClN3O5S/c1-5-27(3)38-36(42)34(23-28-13-7-6-8-14-28)39(24-29-15-11-16-31(22-29)45-4)35(41)25-40(33-17-10-9-12-26(33)2)46(43,44)32-20-18-30(37)19-21-32/h6-22,27,34H,5,23-25H2,1-4H3,(H,38,42)/t27-,34-/m0/s1. The molecular formula is C36H40ClN3O5S. The van der Waals surface area contributed by atoms with Gasteiger partial charge in [-0.3, -0.25) is 13.9 Å². The first kappa shape index (κ1) is 34.5. The summed E-state index contributed by atoms with van der Waals surface area (Å²) in [6, 6.07) is 28.5. The molecule has 0 aliphatic carbocycles. The Hall–Kier alpha value is -4.34.